The molecule has 0 bridgehead atoms. The van der Waals surface area contributed by atoms with Gasteiger partial charge in [0, 0.05) is 24.7 Å². The summed E-state index contributed by atoms with van der Waals surface area (Å²) in [4.78, 5) is 14.8. The number of halogens is 1. The molecule has 1 saturated heterocycles. The summed E-state index contributed by atoms with van der Waals surface area (Å²) in [5, 5.41) is 14.9. The largest absolute Gasteiger partial charge is 0.335 e. The molecule has 24 heavy (non-hydrogen) atoms. The predicted molar refractivity (Wildman–Crippen MR) is 92.0 cm³/mol. The van der Waals surface area contributed by atoms with E-state index in [2.05, 4.69) is 20.7 Å². The van der Waals surface area contributed by atoms with Gasteiger partial charge in [-0.25, -0.2) is 0 Å². The van der Waals surface area contributed by atoms with Gasteiger partial charge in [-0.1, -0.05) is 29.8 Å². The van der Waals surface area contributed by atoms with Crippen LogP contribution in [0.2, 0.25) is 5.02 Å². The molecule has 0 aliphatic carbocycles. The Hall–Kier alpha value is -2.44. The number of aromatic amines is 1. The van der Waals surface area contributed by atoms with Crippen LogP contribution >= 0.6 is 11.6 Å². The molecule has 2 N–H and O–H groups in total. The van der Waals surface area contributed by atoms with Crippen molar-refractivity contribution < 1.29 is 4.79 Å². The number of para-hydroxylation sites is 1. The summed E-state index contributed by atoms with van der Waals surface area (Å²) in [6, 6.07) is 13.3. The average Bonchev–Trinajstić information content (AvgIpc) is 3.10. The van der Waals surface area contributed by atoms with Crippen molar-refractivity contribution in [3.05, 3.63) is 58.6 Å². The van der Waals surface area contributed by atoms with Gasteiger partial charge in [-0.05, 0) is 29.8 Å². The van der Waals surface area contributed by atoms with Crippen molar-refractivity contribution in [1.29, 1.82) is 0 Å². The topological polar surface area (TPSA) is 73.9 Å². The third-order valence-corrected chi connectivity index (χ3v) is 4.53. The van der Waals surface area contributed by atoms with E-state index in [1.807, 2.05) is 41.3 Å². The minimum absolute atomic E-state index is 0.0250. The summed E-state index contributed by atoms with van der Waals surface area (Å²) in [6.45, 7) is 1.98. The van der Waals surface area contributed by atoms with E-state index in [1.165, 1.54) is 0 Å². The van der Waals surface area contributed by atoms with Crippen LogP contribution in [0.5, 0.6) is 0 Å². The Morgan fingerprint density at radius 3 is 2.96 bits per heavy atom. The molecule has 1 atom stereocenters. The number of hydrogen-bond acceptors (Lipinski definition) is 4. The molecule has 1 aliphatic rings. The quantitative estimate of drug-likeness (QED) is 0.750. The fraction of sp³-hybridized carbons (Fsp3) is 0.235. The number of H-pyrrole nitrogens is 1. The lowest BCUT2D eigenvalue weighted by atomic mass is 10.0. The monoisotopic (exact) mass is 341 g/mol. The molecule has 1 aliphatic heterocycles. The zero-order valence-corrected chi connectivity index (χ0v) is 13.6. The van der Waals surface area contributed by atoms with Crippen molar-refractivity contribution in [3.63, 3.8) is 0 Å². The Balaban J connectivity index is 1.60. The molecule has 3 aromatic rings. The van der Waals surface area contributed by atoms with Gasteiger partial charge >= 0.3 is 0 Å². The summed E-state index contributed by atoms with van der Waals surface area (Å²) in [7, 11) is 0. The molecule has 1 fully saturated rings. The van der Waals surface area contributed by atoms with E-state index in [0.29, 0.717) is 34.7 Å². The molecule has 4 rings (SSSR count). The summed E-state index contributed by atoms with van der Waals surface area (Å²) in [5.41, 5.74) is 2.97. The summed E-state index contributed by atoms with van der Waals surface area (Å²) >= 11 is 6.08. The number of carbonyl (C=O) groups excluding carboxylic acids is 1. The van der Waals surface area contributed by atoms with E-state index >= 15 is 0 Å². The maximum Gasteiger partial charge on any atom is 0.256 e. The SMILES string of the molecule is O=C(c1cccc2n[nH]nc12)N1CCNC(c2cccc(Cl)c2)C1. The van der Waals surface area contributed by atoms with Gasteiger partial charge in [-0.2, -0.15) is 15.4 Å². The van der Waals surface area contributed by atoms with Crippen molar-refractivity contribution in [2.24, 2.45) is 0 Å². The third-order valence-electron chi connectivity index (χ3n) is 4.29. The van der Waals surface area contributed by atoms with Crippen molar-refractivity contribution in [1.82, 2.24) is 25.6 Å². The molecule has 0 saturated carbocycles. The van der Waals surface area contributed by atoms with Crippen LogP contribution in [0.25, 0.3) is 11.0 Å². The van der Waals surface area contributed by atoms with Crippen molar-refractivity contribution in [2.75, 3.05) is 19.6 Å². The van der Waals surface area contributed by atoms with Gasteiger partial charge in [0.2, 0.25) is 0 Å². The number of fused-ring (bicyclic) bond motifs is 1. The molecular formula is C17H16ClN5O. The van der Waals surface area contributed by atoms with E-state index in [0.717, 1.165) is 12.1 Å². The minimum atomic E-state index is -0.0250. The zero-order chi connectivity index (χ0) is 16.5. The van der Waals surface area contributed by atoms with E-state index in [1.54, 1.807) is 6.07 Å². The van der Waals surface area contributed by atoms with Crippen molar-refractivity contribution in [3.8, 4) is 0 Å². The van der Waals surface area contributed by atoms with Crippen LogP contribution in [-0.4, -0.2) is 45.9 Å². The lowest BCUT2D eigenvalue weighted by molar-refractivity contribution is 0.0704. The van der Waals surface area contributed by atoms with Crippen LogP contribution in [0.4, 0.5) is 0 Å². The Kier molecular flexibility index (Phi) is 3.92. The molecule has 7 heteroatoms. The second kappa shape index (κ2) is 6.22. The maximum atomic E-state index is 12.9. The molecule has 2 heterocycles. The van der Waals surface area contributed by atoms with Gasteiger partial charge in [0.25, 0.3) is 5.91 Å². The fourth-order valence-corrected chi connectivity index (χ4v) is 3.29. The number of amides is 1. The highest BCUT2D eigenvalue weighted by molar-refractivity contribution is 6.30. The minimum Gasteiger partial charge on any atom is -0.335 e. The number of nitrogens with one attached hydrogen (secondary N) is 2. The first-order valence-electron chi connectivity index (χ1n) is 7.80. The summed E-state index contributed by atoms with van der Waals surface area (Å²) < 4.78 is 0. The standard InChI is InChI=1S/C17H16ClN5O/c18-12-4-1-3-11(9-12)15-10-23(8-7-19-15)17(24)13-5-2-6-14-16(13)21-22-20-14/h1-6,9,15,19H,7-8,10H2,(H,20,21,22). The normalized spacial score (nSPS) is 18.0. The van der Waals surface area contributed by atoms with Gasteiger partial charge in [-0.3, -0.25) is 4.79 Å². The van der Waals surface area contributed by atoms with Gasteiger partial charge in [-0.15, -0.1) is 0 Å². The van der Waals surface area contributed by atoms with Gasteiger partial charge in [0.1, 0.15) is 11.0 Å². The number of nitrogens with zero attached hydrogens (tertiary/aromatic N) is 3. The maximum absolute atomic E-state index is 12.9. The first-order chi connectivity index (χ1) is 11.7. The van der Waals surface area contributed by atoms with Gasteiger partial charge in [0.05, 0.1) is 11.6 Å². The van der Waals surface area contributed by atoms with E-state index in [9.17, 15) is 4.79 Å². The van der Waals surface area contributed by atoms with Crippen LogP contribution in [0, 0.1) is 0 Å². The first kappa shape index (κ1) is 15.1. The smallest absolute Gasteiger partial charge is 0.256 e. The number of carbonyl (C=O) groups is 1. The second-order valence-electron chi connectivity index (χ2n) is 5.81. The molecular weight excluding hydrogens is 326 g/mol. The summed E-state index contributed by atoms with van der Waals surface area (Å²) in [6.07, 6.45) is 0. The lowest BCUT2D eigenvalue weighted by Gasteiger charge is -2.34. The number of benzene rings is 2. The van der Waals surface area contributed by atoms with Crippen LogP contribution in [0.1, 0.15) is 22.0 Å². The van der Waals surface area contributed by atoms with Crippen molar-refractivity contribution >= 4 is 28.5 Å². The summed E-state index contributed by atoms with van der Waals surface area (Å²) in [5.74, 6) is -0.0250. The van der Waals surface area contributed by atoms with E-state index < -0.39 is 0 Å². The molecule has 1 unspecified atom stereocenters. The highest BCUT2D eigenvalue weighted by atomic mass is 35.5. The average molecular weight is 342 g/mol. The first-order valence-corrected chi connectivity index (χ1v) is 8.18. The molecule has 122 valence electrons. The van der Waals surface area contributed by atoms with Crippen LogP contribution in [0.3, 0.4) is 0 Å². The molecule has 1 amide bonds. The Labute approximate surface area is 143 Å². The number of piperazine rings is 1. The Morgan fingerprint density at radius 1 is 1.21 bits per heavy atom. The molecule has 1 aromatic heterocycles. The number of hydrogen-bond donors (Lipinski definition) is 2. The number of rotatable bonds is 2. The van der Waals surface area contributed by atoms with Crippen LogP contribution in [0.15, 0.2) is 42.5 Å². The highest BCUT2D eigenvalue weighted by Crippen LogP contribution is 2.23. The zero-order valence-electron chi connectivity index (χ0n) is 12.9. The van der Waals surface area contributed by atoms with E-state index in [-0.39, 0.29) is 11.9 Å². The van der Waals surface area contributed by atoms with E-state index in [4.69, 9.17) is 11.6 Å². The number of aromatic nitrogens is 3. The van der Waals surface area contributed by atoms with Crippen LogP contribution in [-0.2, 0) is 0 Å². The van der Waals surface area contributed by atoms with Crippen LogP contribution < -0.4 is 5.32 Å². The molecule has 0 spiro atoms. The third kappa shape index (κ3) is 2.74. The fourth-order valence-electron chi connectivity index (χ4n) is 3.09. The molecule has 0 radical (unpaired) electrons. The van der Waals surface area contributed by atoms with Crippen molar-refractivity contribution in [2.45, 2.75) is 6.04 Å². The van der Waals surface area contributed by atoms with Gasteiger partial charge < -0.3 is 10.2 Å². The predicted octanol–water partition coefficient (Wildman–Crippen LogP) is 2.40. The lowest BCUT2D eigenvalue weighted by Crippen LogP contribution is -2.48. The van der Waals surface area contributed by atoms with Gasteiger partial charge in [0.15, 0.2) is 0 Å². The molecule has 2 aromatic carbocycles. The highest BCUT2D eigenvalue weighted by Gasteiger charge is 2.26. The Morgan fingerprint density at radius 2 is 2.08 bits per heavy atom. The molecule has 6 nitrogen and oxygen atoms in total. The second-order valence-corrected chi connectivity index (χ2v) is 6.25. The Bertz CT molecular complexity index is 893.